The molecule has 0 radical (unpaired) electrons. The fourth-order valence-corrected chi connectivity index (χ4v) is 2.10. The van der Waals surface area contributed by atoms with E-state index in [0.29, 0.717) is 0 Å². The number of hydrogen-bond donors (Lipinski definition) is 0. The van der Waals surface area contributed by atoms with Crippen molar-refractivity contribution in [3.8, 4) is 0 Å². The van der Waals surface area contributed by atoms with Crippen molar-refractivity contribution in [1.29, 1.82) is 0 Å². The van der Waals surface area contributed by atoms with E-state index in [1.54, 1.807) is 0 Å². The van der Waals surface area contributed by atoms with Crippen LogP contribution in [-0.4, -0.2) is 9.55 Å². The van der Waals surface area contributed by atoms with E-state index in [1.807, 2.05) is 12.5 Å². The third kappa shape index (κ3) is 3.69. The predicted molar refractivity (Wildman–Crippen MR) is 65.0 cm³/mol. The van der Waals surface area contributed by atoms with Crippen LogP contribution in [0, 0.1) is 0 Å². The van der Waals surface area contributed by atoms with E-state index in [4.69, 9.17) is 0 Å². The Kier molecular flexibility index (Phi) is 5.44. The predicted octanol–water partition coefficient (Wildman–Crippen LogP) is 3.88. The van der Waals surface area contributed by atoms with Gasteiger partial charge in [0.1, 0.15) is 0 Å². The molecule has 0 spiro atoms. The second-order valence-electron chi connectivity index (χ2n) is 4.41. The zero-order valence-corrected chi connectivity index (χ0v) is 10.4. The number of aromatic nitrogens is 2. The maximum atomic E-state index is 4.22. The van der Waals surface area contributed by atoms with Gasteiger partial charge in [-0.25, -0.2) is 4.98 Å². The van der Waals surface area contributed by atoms with E-state index in [1.165, 1.54) is 44.2 Å². The topological polar surface area (TPSA) is 17.8 Å². The van der Waals surface area contributed by atoms with Crippen LogP contribution in [0.5, 0.6) is 0 Å². The van der Waals surface area contributed by atoms with Crippen LogP contribution in [0.15, 0.2) is 12.5 Å². The van der Waals surface area contributed by atoms with Crippen LogP contribution in [0.4, 0.5) is 0 Å². The first-order chi connectivity index (χ1) is 7.29. The van der Waals surface area contributed by atoms with Gasteiger partial charge in [0.15, 0.2) is 0 Å². The highest BCUT2D eigenvalue weighted by Gasteiger charge is 2.13. The molecule has 86 valence electrons. The lowest BCUT2D eigenvalue weighted by molar-refractivity contribution is 0.503. The molecule has 0 aliphatic heterocycles. The number of rotatable bonds is 7. The normalized spacial score (nSPS) is 11.2. The Hall–Kier alpha value is -0.790. The Morgan fingerprint density at radius 2 is 1.80 bits per heavy atom. The zero-order valence-electron chi connectivity index (χ0n) is 10.4. The standard InChI is InChI=1S/C13H24N2/c1-4-6-8-12(9-7-5-2)13-10-14-11-15(13)3/h10-12H,4-9H2,1-3H3. The number of nitrogens with zero attached hydrogens (tertiary/aromatic N) is 2. The molecule has 1 aromatic heterocycles. The number of unbranched alkanes of at least 4 members (excludes halogenated alkanes) is 2. The lowest BCUT2D eigenvalue weighted by atomic mass is 9.93. The minimum Gasteiger partial charge on any atom is -0.337 e. The van der Waals surface area contributed by atoms with Crippen LogP contribution in [0.1, 0.15) is 64.0 Å². The van der Waals surface area contributed by atoms with E-state index in [9.17, 15) is 0 Å². The van der Waals surface area contributed by atoms with Crippen molar-refractivity contribution < 1.29 is 0 Å². The smallest absolute Gasteiger partial charge is 0.0945 e. The average Bonchev–Trinajstić information content (AvgIpc) is 2.65. The molecular weight excluding hydrogens is 184 g/mol. The van der Waals surface area contributed by atoms with E-state index in [-0.39, 0.29) is 0 Å². The fraction of sp³-hybridized carbons (Fsp3) is 0.769. The van der Waals surface area contributed by atoms with Crippen LogP contribution >= 0.6 is 0 Å². The molecule has 0 saturated carbocycles. The third-order valence-electron chi connectivity index (χ3n) is 3.08. The number of aryl methyl sites for hydroxylation is 1. The second-order valence-corrected chi connectivity index (χ2v) is 4.41. The summed E-state index contributed by atoms with van der Waals surface area (Å²) >= 11 is 0. The van der Waals surface area contributed by atoms with Gasteiger partial charge >= 0.3 is 0 Å². The maximum absolute atomic E-state index is 4.22. The summed E-state index contributed by atoms with van der Waals surface area (Å²) in [5, 5.41) is 0. The Balaban J connectivity index is 2.58. The van der Waals surface area contributed by atoms with Gasteiger partial charge < -0.3 is 4.57 Å². The van der Waals surface area contributed by atoms with Gasteiger partial charge in [0, 0.05) is 24.9 Å². The molecule has 1 aromatic rings. The molecule has 2 nitrogen and oxygen atoms in total. The van der Waals surface area contributed by atoms with Crippen LogP contribution in [0.2, 0.25) is 0 Å². The van der Waals surface area contributed by atoms with E-state index in [2.05, 4.69) is 30.4 Å². The lowest BCUT2D eigenvalue weighted by Crippen LogP contribution is -2.04. The Morgan fingerprint density at radius 1 is 1.20 bits per heavy atom. The lowest BCUT2D eigenvalue weighted by Gasteiger charge is -2.16. The highest BCUT2D eigenvalue weighted by molar-refractivity contribution is 5.05. The van der Waals surface area contributed by atoms with Gasteiger partial charge in [0.05, 0.1) is 6.33 Å². The van der Waals surface area contributed by atoms with Gasteiger partial charge in [0.25, 0.3) is 0 Å². The number of imidazole rings is 1. The summed E-state index contributed by atoms with van der Waals surface area (Å²) in [6, 6.07) is 0. The Morgan fingerprint density at radius 3 is 2.20 bits per heavy atom. The molecule has 0 aliphatic carbocycles. The molecule has 0 aromatic carbocycles. The van der Waals surface area contributed by atoms with E-state index >= 15 is 0 Å². The molecule has 0 N–H and O–H groups in total. The minimum absolute atomic E-state index is 0.720. The largest absolute Gasteiger partial charge is 0.337 e. The molecule has 0 atom stereocenters. The van der Waals surface area contributed by atoms with Crippen molar-refractivity contribution in [3.63, 3.8) is 0 Å². The van der Waals surface area contributed by atoms with Gasteiger partial charge in [0.2, 0.25) is 0 Å². The summed E-state index contributed by atoms with van der Waals surface area (Å²) in [7, 11) is 2.10. The molecule has 0 saturated heterocycles. The zero-order chi connectivity index (χ0) is 11.1. The van der Waals surface area contributed by atoms with E-state index < -0.39 is 0 Å². The molecule has 0 bridgehead atoms. The van der Waals surface area contributed by atoms with Crippen LogP contribution < -0.4 is 0 Å². The van der Waals surface area contributed by atoms with Crippen molar-refractivity contribution in [2.45, 2.75) is 58.3 Å². The van der Waals surface area contributed by atoms with Crippen molar-refractivity contribution in [3.05, 3.63) is 18.2 Å². The molecule has 0 aliphatic rings. The highest BCUT2D eigenvalue weighted by Crippen LogP contribution is 2.26. The monoisotopic (exact) mass is 208 g/mol. The molecule has 0 amide bonds. The second kappa shape index (κ2) is 6.65. The van der Waals surface area contributed by atoms with Gasteiger partial charge in [-0.1, -0.05) is 39.5 Å². The Labute approximate surface area is 93.7 Å². The van der Waals surface area contributed by atoms with Gasteiger partial charge in [-0.2, -0.15) is 0 Å². The summed E-state index contributed by atoms with van der Waals surface area (Å²) in [6.45, 7) is 4.53. The highest BCUT2D eigenvalue weighted by atomic mass is 15.0. The number of hydrogen-bond acceptors (Lipinski definition) is 1. The molecule has 0 fully saturated rings. The molecule has 0 unspecified atom stereocenters. The van der Waals surface area contributed by atoms with Crippen molar-refractivity contribution in [1.82, 2.24) is 9.55 Å². The quantitative estimate of drug-likeness (QED) is 0.665. The van der Waals surface area contributed by atoms with Crippen LogP contribution in [-0.2, 0) is 7.05 Å². The summed E-state index contributed by atoms with van der Waals surface area (Å²) in [5.74, 6) is 0.720. The first-order valence-electron chi connectivity index (χ1n) is 6.25. The van der Waals surface area contributed by atoms with Crippen molar-refractivity contribution in [2.75, 3.05) is 0 Å². The van der Waals surface area contributed by atoms with Crippen LogP contribution in [0.25, 0.3) is 0 Å². The van der Waals surface area contributed by atoms with Crippen molar-refractivity contribution >= 4 is 0 Å². The summed E-state index contributed by atoms with van der Waals surface area (Å²) in [6.07, 6.45) is 11.8. The molecule has 2 heteroatoms. The summed E-state index contributed by atoms with van der Waals surface area (Å²) in [4.78, 5) is 4.22. The molecular formula is C13H24N2. The van der Waals surface area contributed by atoms with Gasteiger partial charge in [-0.05, 0) is 12.8 Å². The summed E-state index contributed by atoms with van der Waals surface area (Å²) < 4.78 is 2.18. The molecule has 1 rings (SSSR count). The first-order valence-corrected chi connectivity index (χ1v) is 6.25. The average molecular weight is 208 g/mol. The van der Waals surface area contributed by atoms with Gasteiger partial charge in [-0.3, -0.25) is 0 Å². The molecule has 1 heterocycles. The SMILES string of the molecule is CCCCC(CCCC)c1cncn1C. The minimum atomic E-state index is 0.720. The van der Waals surface area contributed by atoms with Crippen molar-refractivity contribution in [2.24, 2.45) is 7.05 Å². The van der Waals surface area contributed by atoms with Gasteiger partial charge in [-0.15, -0.1) is 0 Å². The summed E-state index contributed by atoms with van der Waals surface area (Å²) in [5.41, 5.74) is 1.41. The fourth-order valence-electron chi connectivity index (χ4n) is 2.10. The van der Waals surface area contributed by atoms with Crippen LogP contribution in [0.3, 0.4) is 0 Å². The molecule has 15 heavy (non-hydrogen) atoms. The maximum Gasteiger partial charge on any atom is 0.0945 e. The first kappa shape index (κ1) is 12.3. The van der Waals surface area contributed by atoms with E-state index in [0.717, 1.165) is 5.92 Å². The Bertz CT molecular complexity index is 257. The third-order valence-corrected chi connectivity index (χ3v) is 3.08.